The van der Waals surface area contributed by atoms with E-state index in [2.05, 4.69) is 0 Å². The second kappa shape index (κ2) is 9.83. The third-order valence-corrected chi connectivity index (χ3v) is 9.97. The zero-order valence-corrected chi connectivity index (χ0v) is 23.4. The minimum absolute atomic E-state index is 0.0104. The van der Waals surface area contributed by atoms with Gasteiger partial charge >= 0.3 is 11.9 Å². The summed E-state index contributed by atoms with van der Waals surface area (Å²) in [6, 6.07) is 10.8. The van der Waals surface area contributed by atoms with Gasteiger partial charge < -0.3 is 59.1 Å². The van der Waals surface area contributed by atoms with Gasteiger partial charge in [-0.3, -0.25) is 0 Å². The molecule has 236 valence electrons. The van der Waals surface area contributed by atoms with Crippen molar-refractivity contribution >= 4 is 11.9 Å². The van der Waals surface area contributed by atoms with Crippen molar-refractivity contribution in [2.45, 2.75) is 73.8 Å². The number of phenolic OH excluding ortho intramolecular Hbond substituents is 2. The molecule has 7 fully saturated rings. The van der Waals surface area contributed by atoms with Crippen molar-refractivity contribution in [1.82, 2.24) is 0 Å². The highest BCUT2D eigenvalue weighted by Crippen LogP contribution is 2.81. The Labute approximate surface area is 250 Å². The molecule has 0 radical (unpaired) electrons. The number of ether oxygens (including phenoxy) is 6. The maximum atomic E-state index is 12.9. The number of aliphatic hydroxyl groups excluding tert-OH is 3. The Morgan fingerprint density at radius 2 is 1.45 bits per heavy atom. The van der Waals surface area contributed by atoms with Gasteiger partial charge in [0.05, 0.1) is 16.5 Å². The van der Waals surface area contributed by atoms with E-state index >= 15 is 0 Å². The van der Waals surface area contributed by atoms with Crippen LogP contribution in [0, 0.1) is 11.3 Å². The number of aromatic hydroxyl groups is 2. The largest absolute Gasteiger partial charge is 0.508 e. The minimum Gasteiger partial charge on any atom is -0.508 e. The lowest BCUT2D eigenvalue weighted by molar-refractivity contribution is -0.424. The molecule has 9 rings (SSSR count). The second-order valence-electron chi connectivity index (χ2n) is 12.3. The van der Waals surface area contributed by atoms with Crippen molar-refractivity contribution in [2.75, 3.05) is 13.2 Å². The van der Waals surface area contributed by atoms with Crippen LogP contribution < -0.4 is 0 Å². The Morgan fingerprint density at radius 3 is 2.07 bits per heavy atom. The van der Waals surface area contributed by atoms with Crippen LogP contribution >= 0.6 is 0 Å². The number of hydrogen-bond acceptors (Lipinski definition) is 14. The summed E-state index contributed by atoms with van der Waals surface area (Å²) in [6.07, 6.45) is -8.82. The zero-order chi connectivity index (χ0) is 31.2. The zero-order valence-electron chi connectivity index (χ0n) is 23.4. The molecular formula is C30H32O14. The van der Waals surface area contributed by atoms with Gasteiger partial charge in [-0.05, 0) is 61.9 Å². The Bertz CT molecular complexity index is 1470. The van der Waals surface area contributed by atoms with Crippen molar-refractivity contribution in [3.63, 3.8) is 0 Å². The summed E-state index contributed by atoms with van der Waals surface area (Å²) in [6.45, 7) is 0.917. The summed E-state index contributed by atoms with van der Waals surface area (Å²) < 4.78 is 35.5. The molecule has 0 amide bonds. The van der Waals surface area contributed by atoms with Gasteiger partial charge in [-0.2, -0.15) is 0 Å². The van der Waals surface area contributed by atoms with Crippen LogP contribution in [0.1, 0.15) is 40.5 Å². The van der Waals surface area contributed by atoms with Crippen LogP contribution in [-0.4, -0.2) is 110 Å². The van der Waals surface area contributed by atoms with Gasteiger partial charge in [0, 0.05) is 12.3 Å². The minimum atomic E-state index is -1.74. The lowest BCUT2D eigenvalue weighted by atomic mass is 9.41. The van der Waals surface area contributed by atoms with E-state index in [0.29, 0.717) is 0 Å². The van der Waals surface area contributed by atoms with E-state index in [0.717, 1.165) is 0 Å². The van der Waals surface area contributed by atoms with Crippen LogP contribution in [0.2, 0.25) is 0 Å². The highest BCUT2D eigenvalue weighted by molar-refractivity contribution is 5.90. The molecular weight excluding hydrogens is 584 g/mol. The molecule has 44 heavy (non-hydrogen) atoms. The summed E-state index contributed by atoms with van der Waals surface area (Å²) in [4.78, 5) is 25.4. The molecule has 14 nitrogen and oxygen atoms in total. The lowest BCUT2D eigenvalue weighted by Crippen LogP contribution is -2.80. The smallest absolute Gasteiger partial charge is 0.338 e. The monoisotopic (exact) mass is 616 g/mol. The van der Waals surface area contributed by atoms with Gasteiger partial charge in [0.25, 0.3) is 0 Å². The highest BCUT2D eigenvalue weighted by atomic mass is 16.8. The number of esters is 2. The van der Waals surface area contributed by atoms with Crippen molar-refractivity contribution in [2.24, 2.45) is 11.3 Å². The van der Waals surface area contributed by atoms with E-state index in [1.807, 2.05) is 0 Å². The predicted molar refractivity (Wildman–Crippen MR) is 142 cm³/mol. The normalized spacial score (nSPS) is 43.0. The average molecular weight is 617 g/mol. The summed E-state index contributed by atoms with van der Waals surface area (Å²) in [7, 11) is 0. The summed E-state index contributed by atoms with van der Waals surface area (Å²) in [5.41, 5.74) is -3.42. The van der Waals surface area contributed by atoms with Gasteiger partial charge in [0.2, 0.25) is 0 Å². The second-order valence-corrected chi connectivity index (χ2v) is 12.3. The standard InChI is InChI=1S/C30H32O14/c1-27-12-29(38)19-10-30(27,28(19,26(43-27)44-29)13-40-24(37)15-4-8-17(32)9-5-15)42-25-22(35)21(34)20(33)18(41-25)11-39-23(36)14-2-6-16(31)7-3-14/h2-9,18-22,25-26,31-35,38H,10-13H2,1H3/t18-,19-,20-,21+,22-,25+,26-,27+,28-,29-,30+/m1/s1. The molecule has 4 saturated heterocycles. The average Bonchev–Trinajstić information content (AvgIpc) is 3.18. The fourth-order valence-corrected chi connectivity index (χ4v) is 7.72. The Hall–Kier alpha value is -3.34. The van der Waals surface area contributed by atoms with E-state index in [1.54, 1.807) is 6.92 Å². The van der Waals surface area contributed by atoms with E-state index in [-0.39, 0.29) is 42.1 Å². The van der Waals surface area contributed by atoms with Crippen molar-refractivity contribution in [3.8, 4) is 11.5 Å². The van der Waals surface area contributed by atoms with Crippen molar-refractivity contribution < 1.29 is 68.6 Å². The third kappa shape index (κ3) is 3.96. The van der Waals surface area contributed by atoms with Gasteiger partial charge in [-0.15, -0.1) is 0 Å². The molecule has 0 aromatic heterocycles. The number of phenols is 2. The first kappa shape index (κ1) is 29.4. The number of carbonyl (C=O) groups is 2. The molecule has 0 unspecified atom stereocenters. The molecule has 4 aliphatic heterocycles. The molecule has 3 saturated carbocycles. The first-order valence-corrected chi connectivity index (χ1v) is 14.2. The molecule has 11 atom stereocenters. The topological polar surface area (TPSA) is 211 Å². The lowest BCUT2D eigenvalue weighted by Gasteiger charge is -2.67. The number of rotatable bonds is 8. The Morgan fingerprint density at radius 1 is 0.864 bits per heavy atom. The van der Waals surface area contributed by atoms with E-state index < -0.39 is 83.9 Å². The maximum absolute atomic E-state index is 12.9. The molecule has 2 aromatic rings. The van der Waals surface area contributed by atoms with Crippen molar-refractivity contribution in [3.05, 3.63) is 59.7 Å². The fraction of sp³-hybridized carbons (Fsp3) is 0.533. The summed E-state index contributed by atoms with van der Waals surface area (Å²) in [5, 5.41) is 62.6. The molecule has 6 N–H and O–H groups in total. The molecule has 6 bridgehead atoms. The molecule has 2 aromatic carbocycles. The van der Waals surface area contributed by atoms with Crippen LogP contribution in [0.15, 0.2) is 48.5 Å². The van der Waals surface area contributed by atoms with Crippen LogP contribution in [0.5, 0.6) is 11.5 Å². The Kier molecular flexibility index (Phi) is 6.56. The Balaban J connectivity index is 1.12. The van der Waals surface area contributed by atoms with Crippen LogP contribution in [0.3, 0.4) is 0 Å². The van der Waals surface area contributed by atoms with Crippen LogP contribution in [-0.2, 0) is 28.4 Å². The van der Waals surface area contributed by atoms with E-state index in [4.69, 9.17) is 28.4 Å². The van der Waals surface area contributed by atoms with Gasteiger partial charge in [0.15, 0.2) is 18.4 Å². The number of benzene rings is 2. The molecule has 0 spiro atoms. The first-order valence-electron chi connectivity index (χ1n) is 14.2. The van der Waals surface area contributed by atoms with Crippen molar-refractivity contribution in [1.29, 1.82) is 0 Å². The number of hydrogen-bond donors (Lipinski definition) is 6. The molecule has 4 heterocycles. The van der Waals surface area contributed by atoms with Crippen LogP contribution in [0.25, 0.3) is 0 Å². The molecule has 14 heteroatoms. The molecule has 3 aliphatic carbocycles. The van der Waals surface area contributed by atoms with E-state index in [1.165, 1.54) is 48.5 Å². The summed E-state index contributed by atoms with van der Waals surface area (Å²) >= 11 is 0. The van der Waals surface area contributed by atoms with Gasteiger partial charge in [-0.25, -0.2) is 9.59 Å². The van der Waals surface area contributed by atoms with Crippen LogP contribution in [0.4, 0.5) is 0 Å². The maximum Gasteiger partial charge on any atom is 0.338 e. The predicted octanol–water partition coefficient (Wildman–Crippen LogP) is -0.0816. The van der Waals surface area contributed by atoms with Gasteiger partial charge in [-0.1, -0.05) is 0 Å². The molecule has 7 aliphatic rings. The number of carbonyl (C=O) groups excluding carboxylic acids is 2. The highest BCUT2D eigenvalue weighted by Gasteiger charge is 2.94. The SMILES string of the molecule is C[C@@]12C[C@@]3(O)O[C@@H](O1)[C@@]1(COC(=O)c4ccc(O)cc4)[C@H]3C[C@@]12O[C@@H]1O[C@H](COC(=O)c2ccc(O)cc2)[C@@H](O)[C@H](O)[C@H]1O. The summed E-state index contributed by atoms with van der Waals surface area (Å²) in [5.74, 6) is -3.67. The first-order chi connectivity index (χ1) is 20.8. The van der Waals surface area contributed by atoms with Gasteiger partial charge in [0.1, 0.15) is 60.3 Å². The fourth-order valence-electron chi connectivity index (χ4n) is 7.72. The third-order valence-electron chi connectivity index (χ3n) is 9.97. The number of aliphatic hydroxyl groups is 4. The quantitative estimate of drug-likeness (QED) is 0.214. The van der Waals surface area contributed by atoms with E-state index in [9.17, 15) is 40.2 Å².